The summed E-state index contributed by atoms with van der Waals surface area (Å²) in [6.07, 6.45) is 0. The maximum Gasteiger partial charge on any atom is 0.262 e. The Morgan fingerprint density at radius 3 is 2.80 bits per heavy atom. The minimum atomic E-state index is -4.11. The van der Waals surface area contributed by atoms with Gasteiger partial charge in [-0.2, -0.15) is 4.31 Å². The number of halogens is 1. The number of hydrogen-bond donors (Lipinski definition) is 2. The summed E-state index contributed by atoms with van der Waals surface area (Å²) in [7, 11) is -2.60. The largest absolute Gasteiger partial charge is 0.497 e. The molecule has 0 aliphatic carbocycles. The summed E-state index contributed by atoms with van der Waals surface area (Å²) in [5.74, 6) is -0.139. The third kappa shape index (κ3) is 4.66. The van der Waals surface area contributed by atoms with Crippen LogP contribution >= 0.6 is 11.6 Å². The summed E-state index contributed by atoms with van der Waals surface area (Å²) in [4.78, 5) is 23.7. The molecule has 30 heavy (non-hydrogen) atoms. The molecular weight excluding hydrogens is 434 g/mol. The molecule has 0 fully saturated rings. The van der Waals surface area contributed by atoms with Gasteiger partial charge in [0.2, 0.25) is 15.9 Å². The van der Waals surface area contributed by atoms with Crippen LogP contribution in [0.15, 0.2) is 41.3 Å². The molecular formula is C19H20ClN3O6S. The second-order valence-electron chi connectivity index (χ2n) is 6.33. The van der Waals surface area contributed by atoms with E-state index in [1.165, 1.54) is 19.2 Å². The SMILES string of the molecule is CCN(CC(=O)Nc1cccc(OC)c1)S(=O)(=O)c1cc2c(cc1Cl)NC(=O)CO2. The van der Waals surface area contributed by atoms with Gasteiger partial charge in [0.15, 0.2) is 6.61 Å². The van der Waals surface area contributed by atoms with Crippen molar-refractivity contribution in [3.05, 3.63) is 41.4 Å². The van der Waals surface area contributed by atoms with Gasteiger partial charge in [0.1, 0.15) is 16.4 Å². The highest BCUT2D eigenvalue weighted by atomic mass is 35.5. The molecule has 2 N–H and O–H groups in total. The van der Waals surface area contributed by atoms with E-state index in [-0.39, 0.29) is 40.4 Å². The average molecular weight is 454 g/mol. The predicted molar refractivity (Wildman–Crippen MR) is 112 cm³/mol. The number of carbonyl (C=O) groups is 2. The maximum atomic E-state index is 13.1. The van der Waals surface area contributed by atoms with Gasteiger partial charge < -0.3 is 20.1 Å². The summed E-state index contributed by atoms with van der Waals surface area (Å²) >= 11 is 6.17. The first kappa shape index (κ1) is 21.9. The van der Waals surface area contributed by atoms with E-state index in [1.807, 2.05) is 0 Å². The van der Waals surface area contributed by atoms with Crippen LogP contribution in [0, 0.1) is 0 Å². The number of nitrogens with one attached hydrogen (secondary N) is 2. The Morgan fingerprint density at radius 2 is 2.10 bits per heavy atom. The van der Waals surface area contributed by atoms with Crippen molar-refractivity contribution in [2.24, 2.45) is 0 Å². The first-order chi connectivity index (χ1) is 14.2. The van der Waals surface area contributed by atoms with E-state index in [4.69, 9.17) is 21.1 Å². The Balaban J connectivity index is 1.81. The third-order valence-corrected chi connectivity index (χ3v) is 6.70. The molecule has 0 aromatic heterocycles. The van der Waals surface area contributed by atoms with Crippen molar-refractivity contribution in [1.82, 2.24) is 4.31 Å². The molecule has 0 saturated carbocycles. The molecule has 0 unspecified atom stereocenters. The molecule has 2 aromatic carbocycles. The molecule has 2 amide bonds. The van der Waals surface area contributed by atoms with Crippen LogP contribution in [-0.2, 0) is 19.6 Å². The van der Waals surface area contributed by atoms with Crippen LogP contribution in [0.1, 0.15) is 6.92 Å². The Hall–Kier alpha value is -2.82. The number of carbonyl (C=O) groups excluding carboxylic acids is 2. The average Bonchev–Trinajstić information content (AvgIpc) is 2.71. The third-order valence-electron chi connectivity index (χ3n) is 4.31. The van der Waals surface area contributed by atoms with Crippen LogP contribution in [-0.4, -0.2) is 51.3 Å². The number of amides is 2. The van der Waals surface area contributed by atoms with Crippen molar-refractivity contribution in [3.8, 4) is 11.5 Å². The fourth-order valence-corrected chi connectivity index (χ4v) is 4.77. The maximum absolute atomic E-state index is 13.1. The summed E-state index contributed by atoms with van der Waals surface area (Å²) in [6, 6.07) is 9.27. The summed E-state index contributed by atoms with van der Waals surface area (Å²) in [5, 5.41) is 5.11. The Morgan fingerprint density at radius 1 is 1.33 bits per heavy atom. The lowest BCUT2D eigenvalue weighted by Gasteiger charge is -2.23. The van der Waals surface area contributed by atoms with Crippen molar-refractivity contribution in [3.63, 3.8) is 0 Å². The second kappa shape index (κ2) is 8.90. The highest BCUT2D eigenvalue weighted by molar-refractivity contribution is 7.89. The number of nitrogens with zero attached hydrogens (tertiary/aromatic N) is 1. The zero-order valence-corrected chi connectivity index (χ0v) is 17.8. The van der Waals surface area contributed by atoms with Crippen LogP contribution in [0.3, 0.4) is 0 Å². The van der Waals surface area contributed by atoms with Crippen molar-refractivity contribution in [2.45, 2.75) is 11.8 Å². The predicted octanol–water partition coefficient (Wildman–Crippen LogP) is 2.33. The number of hydrogen-bond acceptors (Lipinski definition) is 6. The number of fused-ring (bicyclic) bond motifs is 1. The van der Waals surface area contributed by atoms with E-state index in [0.29, 0.717) is 11.4 Å². The molecule has 0 bridgehead atoms. The Labute approximate surface area is 179 Å². The smallest absolute Gasteiger partial charge is 0.262 e. The van der Waals surface area contributed by atoms with Crippen molar-refractivity contribution >= 4 is 44.8 Å². The molecule has 0 radical (unpaired) electrons. The van der Waals surface area contributed by atoms with E-state index in [0.717, 1.165) is 4.31 Å². The van der Waals surface area contributed by atoms with Crippen LogP contribution < -0.4 is 20.1 Å². The highest BCUT2D eigenvalue weighted by Crippen LogP contribution is 2.36. The van der Waals surface area contributed by atoms with Crippen LogP contribution in [0.4, 0.5) is 11.4 Å². The van der Waals surface area contributed by atoms with Gasteiger partial charge in [0.25, 0.3) is 5.91 Å². The molecule has 0 saturated heterocycles. The first-order valence-electron chi connectivity index (χ1n) is 8.95. The molecule has 0 atom stereocenters. The van der Waals surface area contributed by atoms with Crippen LogP contribution in [0.5, 0.6) is 11.5 Å². The highest BCUT2D eigenvalue weighted by Gasteiger charge is 2.30. The van der Waals surface area contributed by atoms with Crippen LogP contribution in [0.25, 0.3) is 0 Å². The standard InChI is InChI=1S/C19H20ClN3O6S/c1-3-23(10-18(24)21-12-5-4-6-13(7-12)28-2)30(26,27)17-9-16-15(8-14(17)20)22-19(25)11-29-16/h4-9H,3,10-11H2,1-2H3,(H,21,24)(H,22,25). The minimum absolute atomic E-state index is 0.0405. The van der Waals surface area contributed by atoms with Gasteiger partial charge >= 0.3 is 0 Å². The van der Waals surface area contributed by atoms with Crippen LogP contribution in [0.2, 0.25) is 5.02 Å². The van der Waals surface area contributed by atoms with Gasteiger partial charge in [-0.15, -0.1) is 0 Å². The lowest BCUT2D eigenvalue weighted by molar-refractivity contribution is -0.118. The topological polar surface area (TPSA) is 114 Å². The number of ether oxygens (including phenoxy) is 2. The molecule has 160 valence electrons. The van der Waals surface area contributed by atoms with E-state index in [2.05, 4.69) is 10.6 Å². The number of benzene rings is 2. The van der Waals surface area contributed by atoms with Gasteiger partial charge in [0, 0.05) is 24.4 Å². The van der Waals surface area contributed by atoms with E-state index >= 15 is 0 Å². The molecule has 2 aromatic rings. The van der Waals surface area contributed by atoms with Crippen molar-refractivity contribution < 1.29 is 27.5 Å². The quantitative estimate of drug-likeness (QED) is 0.665. The molecule has 1 aliphatic heterocycles. The lowest BCUT2D eigenvalue weighted by atomic mass is 10.2. The molecule has 1 heterocycles. The fourth-order valence-electron chi connectivity index (χ4n) is 2.85. The summed E-state index contributed by atoms with van der Waals surface area (Å²) in [5.41, 5.74) is 0.762. The number of methoxy groups -OCH3 is 1. The fraction of sp³-hybridized carbons (Fsp3) is 0.263. The molecule has 9 nitrogen and oxygen atoms in total. The van der Waals surface area contributed by atoms with Gasteiger partial charge in [-0.05, 0) is 18.2 Å². The van der Waals surface area contributed by atoms with Crippen molar-refractivity contribution in [2.75, 3.05) is 37.4 Å². The van der Waals surface area contributed by atoms with Crippen molar-refractivity contribution in [1.29, 1.82) is 0 Å². The zero-order chi connectivity index (χ0) is 21.9. The minimum Gasteiger partial charge on any atom is -0.497 e. The number of sulfonamides is 1. The summed E-state index contributed by atoms with van der Waals surface area (Å²) < 4.78 is 37.6. The Kier molecular flexibility index (Phi) is 6.49. The molecule has 0 spiro atoms. The van der Waals surface area contributed by atoms with E-state index < -0.39 is 22.5 Å². The van der Waals surface area contributed by atoms with Gasteiger partial charge in [-0.25, -0.2) is 8.42 Å². The number of likely N-dealkylation sites (N-methyl/N-ethyl adjacent to an activating group) is 1. The monoisotopic (exact) mass is 453 g/mol. The van der Waals surface area contributed by atoms with Gasteiger partial charge in [-0.3, -0.25) is 9.59 Å². The zero-order valence-electron chi connectivity index (χ0n) is 16.3. The van der Waals surface area contributed by atoms with E-state index in [1.54, 1.807) is 31.2 Å². The summed E-state index contributed by atoms with van der Waals surface area (Å²) in [6.45, 7) is 1.01. The number of rotatable bonds is 7. The second-order valence-corrected chi connectivity index (χ2v) is 8.64. The normalized spacial score (nSPS) is 13.3. The molecule has 3 rings (SSSR count). The van der Waals surface area contributed by atoms with E-state index in [9.17, 15) is 18.0 Å². The molecule has 11 heteroatoms. The molecule has 1 aliphatic rings. The van der Waals surface area contributed by atoms with Gasteiger partial charge in [-0.1, -0.05) is 24.6 Å². The first-order valence-corrected chi connectivity index (χ1v) is 10.8. The lowest BCUT2D eigenvalue weighted by Crippen LogP contribution is -2.38. The van der Waals surface area contributed by atoms with Gasteiger partial charge in [0.05, 0.1) is 24.4 Å². The number of anilines is 2. The Bertz CT molecular complexity index is 1090.